The van der Waals surface area contributed by atoms with Gasteiger partial charge in [0, 0.05) is 17.8 Å². The number of carbonyl (C=O) groups excluding carboxylic acids is 2. The zero-order valence-electron chi connectivity index (χ0n) is 17.8. The van der Waals surface area contributed by atoms with E-state index < -0.39 is 6.04 Å². The predicted octanol–water partition coefficient (Wildman–Crippen LogP) is 4.99. The van der Waals surface area contributed by atoms with Crippen molar-refractivity contribution in [1.29, 1.82) is 0 Å². The van der Waals surface area contributed by atoms with Crippen molar-refractivity contribution < 1.29 is 9.59 Å². The van der Waals surface area contributed by atoms with Gasteiger partial charge in [0.2, 0.25) is 0 Å². The van der Waals surface area contributed by atoms with E-state index in [0.717, 1.165) is 33.7 Å². The second kappa shape index (κ2) is 9.01. The smallest absolute Gasteiger partial charge is 0.253 e. The normalized spacial score (nSPS) is 11.9. The minimum atomic E-state index is -0.600. The van der Waals surface area contributed by atoms with Crippen molar-refractivity contribution in [2.24, 2.45) is 0 Å². The molecular formula is C28H21N3O2. The number of hydrogen-bond donors (Lipinski definition) is 1. The van der Waals surface area contributed by atoms with Gasteiger partial charge < -0.3 is 10.1 Å². The predicted molar refractivity (Wildman–Crippen MR) is 130 cm³/mol. The molecule has 160 valence electrons. The van der Waals surface area contributed by atoms with Crippen LogP contribution in [0.3, 0.4) is 0 Å². The number of hydrogen-bond acceptors (Lipinski definition) is 4. The molecule has 5 rings (SSSR count). The van der Waals surface area contributed by atoms with E-state index in [0.29, 0.717) is 17.7 Å². The van der Waals surface area contributed by atoms with Crippen LogP contribution in [0.15, 0.2) is 97.3 Å². The summed E-state index contributed by atoms with van der Waals surface area (Å²) < 4.78 is 0. The lowest BCUT2D eigenvalue weighted by Crippen LogP contribution is -2.37. The molecule has 0 aliphatic carbocycles. The Bertz CT molecular complexity index is 1450. The number of fused-ring (bicyclic) bond motifs is 3. The molecule has 3 aromatic carbocycles. The van der Waals surface area contributed by atoms with Crippen molar-refractivity contribution >= 4 is 33.7 Å². The molecule has 0 aliphatic heterocycles. The van der Waals surface area contributed by atoms with Gasteiger partial charge in [-0.3, -0.25) is 14.8 Å². The largest absolute Gasteiger partial charge is 0.342 e. The van der Waals surface area contributed by atoms with Gasteiger partial charge in [0.25, 0.3) is 5.91 Å². The number of nitrogens with zero attached hydrogens (tertiary/aromatic N) is 2. The van der Waals surface area contributed by atoms with E-state index >= 15 is 0 Å². The average Bonchev–Trinajstić information content (AvgIpc) is 2.88. The zero-order chi connectivity index (χ0) is 22.6. The lowest BCUT2D eigenvalue weighted by molar-refractivity contribution is -0.109. The number of benzene rings is 3. The van der Waals surface area contributed by atoms with Crippen LogP contribution in [0.4, 0.5) is 0 Å². The third-order valence-corrected chi connectivity index (χ3v) is 5.70. The van der Waals surface area contributed by atoms with Gasteiger partial charge in [0.05, 0.1) is 23.0 Å². The number of pyridine rings is 2. The maximum absolute atomic E-state index is 12.6. The van der Waals surface area contributed by atoms with Crippen LogP contribution in [0.5, 0.6) is 0 Å². The molecule has 0 bridgehead atoms. The van der Waals surface area contributed by atoms with Gasteiger partial charge >= 0.3 is 0 Å². The Morgan fingerprint density at radius 3 is 2.33 bits per heavy atom. The zero-order valence-corrected chi connectivity index (χ0v) is 17.8. The summed E-state index contributed by atoms with van der Waals surface area (Å²) in [6.07, 6.45) is 4.58. The van der Waals surface area contributed by atoms with Crippen molar-refractivity contribution in [3.63, 3.8) is 0 Å². The molecule has 1 atom stereocenters. The fourth-order valence-corrected chi connectivity index (χ4v) is 3.97. The van der Waals surface area contributed by atoms with Crippen molar-refractivity contribution in [3.05, 3.63) is 108 Å². The van der Waals surface area contributed by atoms with Crippen LogP contribution < -0.4 is 5.32 Å². The minimum Gasteiger partial charge on any atom is -0.342 e. The first kappa shape index (κ1) is 20.5. The molecule has 0 saturated heterocycles. The fraction of sp³-hybridized carbons (Fsp3) is 0.0714. The van der Waals surface area contributed by atoms with Gasteiger partial charge in [-0.1, -0.05) is 66.7 Å². The molecule has 0 aliphatic rings. The Kier molecular flexibility index (Phi) is 5.60. The monoisotopic (exact) mass is 431 g/mol. The summed E-state index contributed by atoms with van der Waals surface area (Å²) in [5.41, 5.74) is 2.79. The van der Waals surface area contributed by atoms with Crippen molar-refractivity contribution in [2.75, 3.05) is 0 Å². The van der Waals surface area contributed by atoms with E-state index in [4.69, 9.17) is 0 Å². The van der Waals surface area contributed by atoms with Crippen molar-refractivity contribution in [3.8, 4) is 11.4 Å². The van der Waals surface area contributed by atoms with E-state index in [1.807, 2.05) is 54.7 Å². The van der Waals surface area contributed by atoms with Gasteiger partial charge in [-0.25, -0.2) is 0 Å². The minimum absolute atomic E-state index is 0.333. The molecule has 2 heterocycles. The summed E-state index contributed by atoms with van der Waals surface area (Å²) in [5.74, 6) is -0.333. The Labute approximate surface area is 191 Å². The van der Waals surface area contributed by atoms with Crippen LogP contribution in [0.2, 0.25) is 0 Å². The topological polar surface area (TPSA) is 72.0 Å². The molecule has 1 N–H and O–H groups in total. The number of aldehydes is 1. The summed E-state index contributed by atoms with van der Waals surface area (Å²) in [5, 5.41) is 7.28. The molecule has 0 saturated carbocycles. The SMILES string of the molecule is O=CC(Cc1ccccc1)NC(=O)c1ccc(-c2cc3ccc4ccccc4c3cn2)nc1. The highest BCUT2D eigenvalue weighted by Crippen LogP contribution is 2.27. The average molecular weight is 431 g/mol. The summed E-state index contributed by atoms with van der Waals surface area (Å²) >= 11 is 0. The van der Waals surface area contributed by atoms with E-state index in [9.17, 15) is 9.59 Å². The molecule has 5 aromatic rings. The molecule has 2 aromatic heterocycles. The fourth-order valence-electron chi connectivity index (χ4n) is 3.97. The number of aromatic nitrogens is 2. The first-order valence-electron chi connectivity index (χ1n) is 10.8. The van der Waals surface area contributed by atoms with Crippen LogP contribution in [-0.4, -0.2) is 28.2 Å². The van der Waals surface area contributed by atoms with Crippen LogP contribution >= 0.6 is 0 Å². The highest BCUT2D eigenvalue weighted by molar-refractivity contribution is 6.07. The molecule has 1 amide bonds. The van der Waals surface area contributed by atoms with E-state index in [-0.39, 0.29) is 5.91 Å². The molecule has 5 nitrogen and oxygen atoms in total. The van der Waals surface area contributed by atoms with E-state index in [2.05, 4.69) is 39.6 Å². The molecule has 1 unspecified atom stereocenters. The van der Waals surface area contributed by atoms with E-state index in [1.165, 1.54) is 11.6 Å². The van der Waals surface area contributed by atoms with Crippen LogP contribution in [0.25, 0.3) is 32.9 Å². The first-order valence-corrected chi connectivity index (χ1v) is 10.8. The lowest BCUT2D eigenvalue weighted by atomic mass is 10.0. The number of rotatable bonds is 6. The number of carbonyl (C=O) groups is 2. The van der Waals surface area contributed by atoms with Crippen molar-refractivity contribution in [2.45, 2.75) is 12.5 Å². The van der Waals surface area contributed by atoms with Gasteiger partial charge in [-0.05, 0) is 46.3 Å². The molecule has 0 radical (unpaired) electrons. The molecule has 0 fully saturated rings. The molecule has 5 heteroatoms. The lowest BCUT2D eigenvalue weighted by Gasteiger charge is -2.13. The maximum atomic E-state index is 12.6. The van der Waals surface area contributed by atoms with Gasteiger partial charge in [-0.2, -0.15) is 0 Å². The second-order valence-corrected chi connectivity index (χ2v) is 7.92. The third kappa shape index (κ3) is 4.34. The summed E-state index contributed by atoms with van der Waals surface area (Å²) in [7, 11) is 0. The number of amides is 1. The quantitative estimate of drug-likeness (QED) is 0.304. The molecule has 33 heavy (non-hydrogen) atoms. The molecular weight excluding hydrogens is 410 g/mol. The van der Waals surface area contributed by atoms with E-state index in [1.54, 1.807) is 12.1 Å². The number of nitrogens with one attached hydrogen (secondary N) is 1. The van der Waals surface area contributed by atoms with Gasteiger partial charge in [0.15, 0.2) is 0 Å². The first-order chi connectivity index (χ1) is 16.2. The second-order valence-electron chi connectivity index (χ2n) is 7.92. The Morgan fingerprint density at radius 1 is 0.788 bits per heavy atom. The Hall–Kier alpha value is -4.38. The summed E-state index contributed by atoms with van der Waals surface area (Å²) in [6.45, 7) is 0. The highest BCUT2D eigenvalue weighted by atomic mass is 16.2. The Balaban J connectivity index is 1.34. The third-order valence-electron chi connectivity index (χ3n) is 5.70. The summed E-state index contributed by atoms with van der Waals surface area (Å²) in [4.78, 5) is 33.1. The van der Waals surface area contributed by atoms with Crippen LogP contribution in [0, 0.1) is 0 Å². The standard InChI is InChI=1S/C28H21N3O2/c32-18-23(14-19-6-2-1-3-7-19)31-28(33)22-12-13-26(29-16-22)27-15-21-11-10-20-8-4-5-9-24(20)25(21)17-30-27/h1-13,15-18,23H,14H2,(H,31,33). The maximum Gasteiger partial charge on any atom is 0.253 e. The van der Waals surface area contributed by atoms with Crippen LogP contribution in [-0.2, 0) is 11.2 Å². The van der Waals surface area contributed by atoms with Crippen molar-refractivity contribution in [1.82, 2.24) is 15.3 Å². The highest BCUT2D eigenvalue weighted by Gasteiger charge is 2.14. The molecule has 0 spiro atoms. The van der Waals surface area contributed by atoms with Crippen LogP contribution in [0.1, 0.15) is 15.9 Å². The van der Waals surface area contributed by atoms with Gasteiger partial charge in [0.1, 0.15) is 6.29 Å². The Morgan fingerprint density at radius 2 is 1.55 bits per heavy atom. The summed E-state index contributed by atoms with van der Waals surface area (Å²) in [6, 6.07) is 26.9. The van der Waals surface area contributed by atoms with Gasteiger partial charge in [-0.15, -0.1) is 0 Å².